The average Bonchev–Trinajstić information content (AvgIpc) is 2.32. The van der Waals surface area contributed by atoms with Crippen molar-refractivity contribution in [3.05, 3.63) is 12.2 Å². The van der Waals surface area contributed by atoms with Gasteiger partial charge >= 0.3 is 0 Å². The van der Waals surface area contributed by atoms with Crippen molar-refractivity contribution in [2.75, 3.05) is 13.1 Å². The second-order valence-corrected chi connectivity index (χ2v) is 3.55. The summed E-state index contributed by atoms with van der Waals surface area (Å²) in [6.07, 6.45) is 1.83. The Bertz CT molecular complexity index is 262. The molecule has 1 aliphatic rings. The summed E-state index contributed by atoms with van der Waals surface area (Å²) in [5, 5.41) is 7.61. The SMILES string of the molecule is CC(C)c1ncn(C2CNC2)n1. The monoisotopic (exact) mass is 166 g/mol. The highest BCUT2D eigenvalue weighted by atomic mass is 15.4. The van der Waals surface area contributed by atoms with Crippen molar-refractivity contribution >= 4 is 0 Å². The van der Waals surface area contributed by atoms with Gasteiger partial charge in [-0.25, -0.2) is 9.67 Å². The molecule has 0 aliphatic carbocycles. The van der Waals surface area contributed by atoms with Crippen LogP contribution in [-0.2, 0) is 0 Å². The zero-order valence-corrected chi connectivity index (χ0v) is 7.49. The zero-order valence-electron chi connectivity index (χ0n) is 7.49. The molecule has 1 aromatic heterocycles. The van der Waals surface area contributed by atoms with Gasteiger partial charge in [0.05, 0.1) is 6.04 Å². The molecule has 4 heteroatoms. The van der Waals surface area contributed by atoms with Gasteiger partial charge in [0.25, 0.3) is 0 Å². The van der Waals surface area contributed by atoms with E-state index in [1.165, 1.54) is 0 Å². The number of rotatable bonds is 2. The zero-order chi connectivity index (χ0) is 8.55. The quantitative estimate of drug-likeness (QED) is 0.697. The number of hydrogen-bond donors (Lipinski definition) is 1. The van der Waals surface area contributed by atoms with Crippen LogP contribution in [0.15, 0.2) is 6.33 Å². The molecule has 1 fully saturated rings. The first-order chi connectivity index (χ1) is 5.77. The van der Waals surface area contributed by atoms with Gasteiger partial charge in [-0.1, -0.05) is 13.8 Å². The van der Waals surface area contributed by atoms with Crippen LogP contribution in [0.1, 0.15) is 31.6 Å². The summed E-state index contributed by atoms with van der Waals surface area (Å²) in [7, 11) is 0. The minimum absolute atomic E-state index is 0.430. The predicted octanol–water partition coefficient (Wildman–Crippen LogP) is 0.546. The van der Waals surface area contributed by atoms with E-state index in [0.29, 0.717) is 12.0 Å². The lowest BCUT2D eigenvalue weighted by Crippen LogP contribution is -2.43. The second-order valence-electron chi connectivity index (χ2n) is 3.55. The van der Waals surface area contributed by atoms with Crippen LogP contribution < -0.4 is 5.32 Å². The van der Waals surface area contributed by atoms with E-state index in [9.17, 15) is 0 Å². The molecule has 0 unspecified atom stereocenters. The first-order valence-corrected chi connectivity index (χ1v) is 4.39. The van der Waals surface area contributed by atoms with Crippen molar-refractivity contribution in [3.63, 3.8) is 0 Å². The minimum Gasteiger partial charge on any atom is -0.312 e. The fraction of sp³-hybridized carbons (Fsp3) is 0.750. The molecule has 12 heavy (non-hydrogen) atoms. The average molecular weight is 166 g/mol. The number of aromatic nitrogens is 3. The van der Waals surface area contributed by atoms with E-state index >= 15 is 0 Å². The van der Waals surface area contributed by atoms with Gasteiger partial charge in [0.2, 0.25) is 0 Å². The molecule has 66 valence electrons. The molecule has 0 aromatic carbocycles. The second kappa shape index (κ2) is 2.86. The van der Waals surface area contributed by atoms with Gasteiger partial charge in [-0.2, -0.15) is 5.10 Å². The normalized spacial score (nSPS) is 18.2. The fourth-order valence-corrected chi connectivity index (χ4v) is 1.19. The lowest BCUT2D eigenvalue weighted by atomic mass is 10.2. The molecule has 2 heterocycles. The first kappa shape index (κ1) is 7.73. The Morgan fingerprint density at radius 1 is 1.58 bits per heavy atom. The van der Waals surface area contributed by atoms with Gasteiger partial charge in [0, 0.05) is 19.0 Å². The summed E-state index contributed by atoms with van der Waals surface area (Å²) in [5.74, 6) is 1.38. The standard InChI is InChI=1S/C8H14N4/c1-6(2)8-10-5-12(11-8)7-3-9-4-7/h5-7,9H,3-4H2,1-2H3. The molecule has 1 aromatic rings. The maximum Gasteiger partial charge on any atom is 0.153 e. The summed E-state index contributed by atoms with van der Waals surface area (Å²) in [6, 6.07) is 0.532. The van der Waals surface area contributed by atoms with Crippen molar-refractivity contribution in [1.82, 2.24) is 20.1 Å². The van der Waals surface area contributed by atoms with Crippen molar-refractivity contribution < 1.29 is 0 Å². The van der Waals surface area contributed by atoms with E-state index in [4.69, 9.17) is 0 Å². The van der Waals surface area contributed by atoms with Crippen molar-refractivity contribution in [2.24, 2.45) is 0 Å². The number of nitrogens with zero attached hydrogens (tertiary/aromatic N) is 3. The molecule has 0 bridgehead atoms. The maximum atomic E-state index is 4.40. The lowest BCUT2D eigenvalue weighted by molar-refractivity contribution is 0.316. The number of hydrogen-bond acceptors (Lipinski definition) is 3. The summed E-state index contributed by atoms with van der Waals surface area (Å²) in [5.41, 5.74) is 0. The van der Waals surface area contributed by atoms with Crippen LogP contribution in [0.25, 0.3) is 0 Å². The smallest absolute Gasteiger partial charge is 0.153 e. The van der Waals surface area contributed by atoms with E-state index in [0.717, 1.165) is 18.9 Å². The third-order valence-electron chi connectivity index (χ3n) is 2.18. The van der Waals surface area contributed by atoms with Crippen molar-refractivity contribution in [1.29, 1.82) is 0 Å². The van der Waals surface area contributed by atoms with E-state index in [1.54, 1.807) is 0 Å². The fourth-order valence-electron chi connectivity index (χ4n) is 1.19. The third kappa shape index (κ3) is 1.22. The Morgan fingerprint density at radius 2 is 2.33 bits per heavy atom. The van der Waals surface area contributed by atoms with E-state index in [1.807, 2.05) is 11.0 Å². The Hall–Kier alpha value is -0.900. The van der Waals surface area contributed by atoms with E-state index in [2.05, 4.69) is 29.2 Å². The molecule has 0 spiro atoms. The van der Waals surface area contributed by atoms with Crippen LogP contribution in [0.3, 0.4) is 0 Å². The summed E-state index contributed by atoms with van der Waals surface area (Å²) in [6.45, 7) is 6.28. The van der Waals surface area contributed by atoms with Crippen LogP contribution in [0, 0.1) is 0 Å². The van der Waals surface area contributed by atoms with Gasteiger partial charge in [-0.3, -0.25) is 0 Å². The van der Waals surface area contributed by atoms with E-state index < -0.39 is 0 Å². The first-order valence-electron chi connectivity index (χ1n) is 4.39. The van der Waals surface area contributed by atoms with Gasteiger partial charge in [-0.15, -0.1) is 0 Å². The molecule has 0 amide bonds. The minimum atomic E-state index is 0.430. The maximum absolute atomic E-state index is 4.40. The Morgan fingerprint density at radius 3 is 2.75 bits per heavy atom. The molecule has 2 rings (SSSR count). The van der Waals surface area contributed by atoms with Crippen LogP contribution in [0.2, 0.25) is 0 Å². The topological polar surface area (TPSA) is 42.7 Å². The number of nitrogens with one attached hydrogen (secondary N) is 1. The largest absolute Gasteiger partial charge is 0.312 e. The van der Waals surface area contributed by atoms with Gasteiger partial charge < -0.3 is 5.32 Å². The molecule has 0 radical (unpaired) electrons. The summed E-state index contributed by atoms with van der Waals surface area (Å²) < 4.78 is 1.96. The Kier molecular flexibility index (Phi) is 1.84. The predicted molar refractivity (Wildman–Crippen MR) is 46.0 cm³/mol. The van der Waals surface area contributed by atoms with Crippen LogP contribution in [-0.4, -0.2) is 27.9 Å². The lowest BCUT2D eigenvalue weighted by Gasteiger charge is -2.26. The molecule has 1 aliphatic heterocycles. The van der Waals surface area contributed by atoms with Gasteiger partial charge in [-0.05, 0) is 0 Å². The summed E-state index contributed by atoms with van der Waals surface area (Å²) >= 11 is 0. The van der Waals surface area contributed by atoms with Crippen LogP contribution in [0.4, 0.5) is 0 Å². The molecular weight excluding hydrogens is 152 g/mol. The van der Waals surface area contributed by atoms with Gasteiger partial charge in [0.1, 0.15) is 6.33 Å². The van der Waals surface area contributed by atoms with Crippen molar-refractivity contribution in [3.8, 4) is 0 Å². The van der Waals surface area contributed by atoms with Crippen LogP contribution >= 0.6 is 0 Å². The molecule has 0 atom stereocenters. The molecule has 1 N–H and O–H groups in total. The third-order valence-corrected chi connectivity index (χ3v) is 2.18. The van der Waals surface area contributed by atoms with Crippen LogP contribution in [0.5, 0.6) is 0 Å². The molecule has 4 nitrogen and oxygen atoms in total. The van der Waals surface area contributed by atoms with Crippen molar-refractivity contribution in [2.45, 2.75) is 25.8 Å². The van der Waals surface area contributed by atoms with Gasteiger partial charge in [0.15, 0.2) is 5.82 Å². The molecule has 0 saturated carbocycles. The summed E-state index contributed by atoms with van der Waals surface area (Å²) in [4.78, 5) is 4.24. The highest BCUT2D eigenvalue weighted by Crippen LogP contribution is 2.12. The highest BCUT2D eigenvalue weighted by Gasteiger charge is 2.20. The molecule has 1 saturated heterocycles. The molecular formula is C8H14N4. The van der Waals surface area contributed by atoms with E-state index in [-0.39, 0.29) is 0 Å². The Balaban J connectivity index is 2.12. The highest BCUT2D eigenvalue weighted by molar-refractivity contribution is 4.91. The Labute approximate surface area is 72.0 Å².